The second-order valence-corrected chi connectivity index (χ2v) is 5.45. The molecule has 0 atom stereocenters. The van der Waals surface area contributed by atoms with Crippen LogP contribution in [0, 0.1) is 13.8 Å². The molecule has 2 rings (SSSR count). The molecule has 114 valence electrons. The first-order valence-corrected chi connectivity index (χ1v) is 7.24. The van der Waals surface area contributed by atoms with Gasteiger partial charge in [0.1, 0.15) is 5.15 Å². The quantitative estimate of drug-likeness (QED) is 0.597. The molecule has 2 aromatic heterocycles. The van der Waals surface area contributed by atoms with Gasteiger partial charge in [0.15, 0.2) is 0 Å². The molecule has 0 spiro atoms. The van der Waals surface area contributed by atoms with Gasteiger partial charge in [0, 0.05) is 17.5 Å². The van der Waals surface area contributed by atoms with Gasteiger partial charge in [0.05, 0.1) is 6.10 Å². The number of rotatable bonds is 2. The Morgan fingerprint density at radius 2 is 1.38 bits per heavy atom. The molecule has 0 aromatic carbocycles. The van der Waals surface area contributed by atoms with Gasteiger partial charge in [-0.2, -0.15) is 4.98 Å². The minimum Gasteiger partial charge on any atom is -0.475 e. The standard InChI is InChI=1S/C8H11ClN2O.C5H4Cl2N2/c1-5(2)12-7-4-6(3)10-8(9)11-7;1-3-2-4(6)9-5(7)8-3/h4-5H,1-3H3;2H,1H3. The molecule has 21 heavy (non-hydrogen) atoms. The maximum atomic E-state index is 5.63. The van der Waals surface area contributed by atoms with Crippen molar-refractivity contribution in [3.8, 4) is 5.88 Å². The molecule has 0 unspecified atom stereocenters. The molecule has 0 N–H and O–H groups in total. The van der Waals surface area contributed by atoms with Crippen LogP contribution in [0.5, 0.6) is 5.88 Å². The summed E-state index contributed by atoms with van der Waals surface area (Å²) in [4.78, 5) is 15.3. The Balaban J connectivity index is 0.000000219. The third-order valence-corrected chi connectivity index (χ3v) is 2.49. The van der Waals surface area contributed by atoms with E-state index in [-0.39, 0.29) is 16.7 Å². The van der Waals surface area contributed by atoms with Crippen LogP contribution < -0.4 is 4.74 Å². The summed E-state index contributed by atoms with van der Waals surface area (Å²) in [5.74, 6) is 0.530. The summed E-state index contributed by atoms with van der Waals surface area (Å²) in [6.45, 7) is 7.52. The van der Waals surface area contributed by atoms with Crippen LogP contribution >= 0.6 is 34.8 Å². The summed E-state index contributed by atoms with van der Waals surface area (Å²) in [6, 6.07) is 3.40. The third-order valence-electron chi connectivity index (χ3n) is 1.96. The molecule has 0 fully saturated rings. The predicted molar refractivity (Wildman–Crippen MR) is 84.3 cm³/mol. The zero-order chi connectivity index (χ0) is 16.0. The molecular formula is C13H15Cl3N4O. The van der Waals surface area contributed by atoms with E-state index in [4.69, 9.17) is 39.5 Å². The number of nitrogens with zero attached hydrogens (tertiary/aromatic N) is 4. The first kappa shape index (κ1) is 17.9. The second-order valence-electron chi connectivity index (χ2n) is 4.38. The highest BCUT2D eigenvalue weighted by Crippen LogP contribution is 2.13. The van der Waals surface area contributed by atoms with Crippen molar-refractivity contribution in [1.82, 2.24) is 19.9 Å². The Bertz CT molecular complexity index is 537. The summed E-state index contributed by atoms with van der Waals surface area (Å²) in [5.41, 5.74) is 1.59. The van der Waals surface area contributed by atoms with Crippen LogP contribution in [0.4, 0.5) is 0 Å². The minimum absolute atomic E-state index is 0.107. The van der Waals surface area contributed by atoms with Crippen molar-refractivity contribution in [1.29, 1.82) is 0 Å². The number of hydrogen-bond acceptors (Lipinski definition) is 5. The maximum absolute atomic E-state index is 5.63. The zero-order valence-electron chi connectivity index (χ0n) is 12.1. The van der Waals surface area contributed by atoms with Gasteiger partial charge in [-0.3, -0.25) is 0 Å². The summed E-state index contributed by atoms with van der Waals surface area (Å²) in [5, 5.41) is 0.804. The normalized spacial score (nSPS) is 10.1. The molecule has 0 amide bonds. The molecule has 2 aromatic rings. The number of halogens is 3. The van der Waals surface area contributed by atoms with Crippen LogP contribution in [0.2, 0.25) is 15.7 Å². The molecule has 0 aliphatic carbocycles. The lowest BCUT2D eigenvalue weighted by Crippen LogP contribution is -2.07. The van der Waals surface area contributed by atoms with E-state index in [1.807, 2.05) is 20.8 Å². The highest BCUT2D eigenvalue weighted by atomic mass is 35.5. The van der Waals surface area contributed by atoms with E-state index >= 15 is 0 Å². The lowest BCUT2D eigenvalue weighted by Gasteiger charge is -2.08. The van der Waals surface area contributed by atoms with E-state index in [2.05, 4.69) is 19.9 Å². The van der Waals surface area contributed by atoms with Crippen LogP contribution in [0.3, 0.4) is 0 Å². The Labute approximate surface area is 138 Å². The van der Waals surface area contributed by atoms with Crippen molar-refractivity contribution in [2.24, 2.45) is 0 Å². The SMILES string of the molecule is Cc1cc(Cl)nc(Cl)n1.Cc1cc(OC(C)C)nc(Cl)n1. The van der Waals surface area contributed by atoms with Gasteiger partial charge < -0.3 is 4.74 Å². The second kappa shape index (κ2) is 8.32. The molecule has 5 nitrogen and oxygen atoms in total. The average Bonchev–Trinajstić information content (AvgIpc) is 2.24. The van der Waals surface area contributed by atoms with Gasteiger partial charge >= 0.3 is 0 Å². The number of ether oxygens (including phenoxy) is 1. The fourth-order valence-electron chi connectivity index (χ4n) is 1.30. The third kappa shape index (κ3) is 7.41. The van der Waals surface area contributed by atoms with E-state index in [0.717, 1.165) is 11.4 Å². The molecule has 2 heterocycles. The van der Waals surface area contributed by atoms with Gasteiger partial charge in [-0.05, 0) is 57.0 Å². The Morgan fingerprint density at radius 3 is 1.81 bits per heavy atom. The van der Waals surface area contributed by atoms with Crippen molar-refractivity contribution in [2.75, 3.05) is 0 Å². The Hall–Kier alpha value is -1.17. The van der Waals surface area contributed by atoms with Gasteiger partial charge in [-0.1, -0.05) is 11.6 Å². The van der Waals surface area contributed by atoms with Crippen molar-refractivity contribution >= 4 is 34.8 Å². The Kier molecular flexibility index (Phi) is 7.08. The van der Waals surface area contributed by atoms with Gasteiger partial charge in [-0.15, -0.1) is 0 Å². The summed E-state index contributed by atoms with van der Waals surface area (Å²) < 4.78 is 5.34. The van der Waals surface area contributed by atoms with Crippen LogP contribution in [0.1, 0.15) is 25.2 Å². The molecular weight excluding hydrogens is 335 g/mol. The smallest absolute Gasteiger partial charge is 0.225 e. The van der Waals surface area contributed by atoms with Crippen molar-refractivity contribution in [3.63, 3.8) is 0 Å². The van der Waals surface area contributed by atoms with Gasteiger partial charge in [0.2, 0.25) is 16.4 Å². The van der Waals surface area contributed by atoms with Crippen LogP contribution in [-0.4, -0.2) is 26.0 Å². The molecule has 0 aliphatic rings. The zero-order valence-corrected chi connectivity index (χ0v) is 14.3. The van der Waals surface area contributed by atoms with E-state index < -0.39 is 0 Å². The molecule has 0 radical (unpaired) electrons. The van der Waals surface area contributed by atoms with Gasteiger partial charge in [0.25, 0.3) is 0 Å². The van der Waals surface area contributed by atoms with Crippen molar-refractivity contribution < 1.29 is 4.74 Å². The summed E-state index contributed by atoms with van der Waals surface area (Å²) in [6.07, 6.45) is 0.107. The van der Waals surface area contributed by atoms with Crippen LogP contribution in [-0.2, 0) is 0 Å². The lowest BCUT2D eigenvalue weighted by atomic mass is 10.4. The summed E-state index contributed by atoms with van der Waals surface area (Å²) in [7, 11) is 0. The number of aryl methyl sites for hydroxylation is 2. The van der Waals surface area contributed by atoms with E-state index in [0.29, 0.717) is 11.0 Å². The molecule has 0 bridgehead atoms. The van der Waals surface area contributed by atoms with Gasteiger partial charge in [-0.25, -0.2) is 15.0 Å². The minimum atomic E-state index is 0.107. The average molecular weight is 350 g/mol. The fraction of sp³-hybridized carbons (Fsp3) is 0.385. The van der Waals surface area contributed by atoms with E-state index in [1.165, 1.54) is 0 Å². The van der Waals surface area contributed by atoms with Crippen molar-refractivity contribution in [3.05, 3.63) is 39.2 Å². The highest BCUT2D eigenvalue weighted by Gasteiger charge is 2.02. The topological polar surface area (TPSA) is 60.8 Å². The number of hydrogen-bond donors (Lipinski definition) is 0. The summed E-state index contributed by atoms with van der Waals surface area (Å²) >= 11 is 16.6. The molecule has 8 heteroatoms. The number of aromatic nitrogens is 4. The maximum Gasteiger partial charge on any atom is 0.225 e. The van der Waals surface area contributed by atoms with Crippen molar-refractivity contribution in [2.45, 2.75) is 33.8 Å². The molecule has 0 saturated heterocycles. The van der Waals surface area contributed by atoms with E-state index in [1.54, 1.807) is 19.1 Å². The first-order valence-electron chi connectivity index (χ1n) is 6.11. The highest BCUT2D eigenvalue weighted by molar-refractivity contribution is 6.31. The molecule has 0 saturated carbocycles. The van der Waals surface area contributed by atoms with E-state index in [9.17, 15) is 0 Å². The predicted octanol–water partition coefficient (Wildman–Crippen LogP) is 4.32. The van der Waals surface area contributed by atoms with Crippen LogP contribution in [0.25, 0.3) is 0 Å². The first-order chi connectivity index (χ1) is 9.76. The fourth-order valence-corrected chi connectivity index (χ4v) is 2.02. The Morgan fingerprint density at radius 1 is 0.857 bits per heavy atom. The molecule has 0 aliphatic heterocycles. The lowest BCUT2D eigenvalue weighted by molar-refractivity contribution is 0.232. The largest absolute Gasteiger partial charge is 0.475 e. The van der Waals surface area contributed by atoms with Crippen LogP contribution in [0.15, 0.2) is 12.1 Å². The monoisotopic (exact) mass is 348 g/mol.